The van der Waals surface area contributed by atoms with Crippen LogP contribution in [0.15, 0.2) is 0 Å². The average Bonchev–Trinajstić information content (AvgIpc) is 2.14. The summed E-state index contributed by atoms with van der Waals surface area (Å²) in [5.74, 6) is 0.102. The van der Waals surface area contributed by atoms with Crippen molar-refractivity contribution in [3.63, 3.8) is 0 Å². The summed E-state index contributed by atoms with van der Waals surface area (Å²) in [7, 11) is 1.74. The Morgan fingerprint density at radius 2 is 2.00 bits per heavy atom. The number of carbonyl (C=O) groups excluding carboxylic acids is 2. The fourth-order valence-electron chi connectivity index (χ4n) is 1.27. The highest BCUT2D eigenvalue weighted by Gasteiger charge is 2.21. The summed E-state index contributed by atoms with van der Waals surface area (Å²) >= 11 is 0. The average molecular weight is 200 g/mol. The summed E-state index contributed by atoms with van der Waals surface area (Å²) in [6.07, 6.45) is 1.40. The zero-order chi connectivity index (χ0) is 11.1. The van der Waals surface area contributed by atoms with Crippen molar-refractivity contribution in [3.05, 3.63) is 0 Å². The predicted octanol–water partition coefficient (Wildman–Crippen LogP) is 0.324. The van der Waals surface area contributed by atoms with E-state index in [0.29, 0.717) is 6.42 Å². The van der Waals surface area contributed by atoms with Crippen LogP contribution in [0.5, 0.6) is 0 Å². The zero-order valence-corrected chi connectivity index (χ0v) is 9.33. The normalized spacial score (nSPS) is 14.9. The van der Waals surface area contributed by atoms with Crippen molar-refractivity contribution >= 4 is 12.2 Å². The number of likely N-dealkylation sites (N-methyl/N-ethyl adjacent to an activating group) is 1. The molecule has 0 aliphatic rings. The highest BCUT2D eigenvalue weighted by molar-refractivity contribution is 5.84. The van der Waals surface area contributed by atoms with Crippen molar-refractivity contribution in [2.45, 2.75) is 39.3 Å². The highest BCUT2D eigenvalue weighted by Crippen LogP contribution is 2.01. The molecule has 0 bridgehead atoms. The molecule has 4 nitrogen and oxygen atoms in total. The van der Waals surface area contributed by atoms with Gasteiger partial charge in [-0.25, -0.2) is 0 Å². The van der Waals surface area contributed by atoms with E-state index < -0.39 is 0 Å². The second-order valence-electron chi connectivity index (χ2n) is 3.67. The zero-order valence-electron chi connectivity index (χ0n) is 9.33. The largest absolute Gasteiger partial charge is 0.345 e. The molecule has 0 aromatic carbocycles. The van der Waals surface area contributed by atoms with E-state index in [4.69, 9.17) is 0 Å². The van der Waals surface area contributed by atoms with Crippen LogP contribution in [0.1, 0.15) is 27.2 Å². The monoisotopic (exact) mass is 200 g/mol. The highest BCUT2D eigenvalue weighted by atomic mass is 16.2. The summed E-state index contributed by atoms with van der Waals surface area (Å²) in [6.45, 7) is 5.79. The third-order valence-corrected chi connectivity index (χ3v) is 2.19. The quantitative estimate of drug-likeness (QED) is 0.607. The van der Waals surface area contributed by atoms with E-state index in [1.165, 1.54) is 0 Å². The molecule has 1 amide bonds. The lowest BCUT2D eigenvalue weighted by Gasteiger charge is -2.21. The number of hydrogen-bond donors (Lipinski definition) is 2. The third kappa shape index (κ3) is 3.87. The lowest BCUT2D eigenvalue weighted by Crippen LogP contribution is -2.49. The van der Waals surface area contributed by atoms with Crippen molar-refractivity contribution in [1.82, 2.24) is 10.6 Å². The first kappa shape index (κ1) is 13.1. The molecule has 0 unspecified atom stereocenters. The van der Waals surface area contributed by atoms with Crippen LogP contribution < -0.4 is 10.6 Å². The van der Waals surface area contributed by atoms with Crippen LogP contribution in [0.2, 0.25) is 0 Å². The third-order valence-electron chi connectivity index (χ3n) is 2.19. The molecule has 0 aromatic heterocycles. The van der Waals surface area contributed by atoms with E-state index >= 15 is 0 Å². The maximum atomic E-state index is 11.6. The van der Waals surface area contributed by atoms with E-state index in [-0.39, 0.29) is 23.9 Å². The topological polar surface area (TPSA) is 58.2 Å². The van der Waals surface area contributed by atoms with Gasteiger partial charge in [-0.15, -0.1) is 0 Å². The summed E-state index contributed by atoms with van der Waals surface area (Å²) in [6, 6.07) is -0.596. The number of amides is 1. The summed E-state index contributed by atoms with van der Waals surface area (Å²) in [5, 5.41) is 5.61. The van der Waals surface area contributed by atoms with Gasteiger partial charge in [0.15, 0.2) is 0 Å². The fourth-order valence-corrected chi connectivity index (χ4v) is 1.27. The van der Waals surface area contributed by atoms with Gasteiger partial charge in [-0.3, -0.25) is 4.79 Å². The van der Waals surface area contributed by atoms with E-state index in [1.54, 1.807) is 7.05 Å². The lowest BCUT2D eigenvalue weighted by molar-refractivity contribution is -0.126. The molecular weight excluding hydrogens is 180 g/mol. The molecule has 2 N–H and O–H groups in total. The molecule has 14 heavy (non-hydrogen) atoms. The van der Waals surface area contributed by atoms with Crippen molar-refractivity contribution in [2.24, 2.45) is 5.92 Å². The van der Waals surface area contributed by atoms with Crippen LogP contribution in [-0.2, 0) is 9.59 Å². The molecule has 0 aromatic rings. The van der Waals surface area contributed by atoms with Gasteiger partial charge in [-0.05, 0) is 19.4 Å². The Kier molecular flexibility index (Phi) is 6.12. The molecule has 0 heterocycles. The predicted molar refractivity (Wildman–Crippen MR) is 56.0 cm³/mol. The van der Waals surface area contributed by atoms with Gasteiger partial charge in [0, 0.05) is 0 Å². The maximum Gasteiger partial charge on any atom is 0.237 e. The minimum atomic E-state index is -0.364. The van der Waals surface area contributed by atoms with E-state index in [2.05, 4.69) is 10.6 Å². The van der Waals surface area contributed by atoms with Crippen molar-refractivity contribution in [2.75, 3.05) is 7.05 Å². The fraction of sp³-hybridized carbons (Fsp3) is 0.800. The van der Waals surface area contributed by atoms with E-state index in [1.807, 2.05) is 20.8 Å². The van der Waals surface area contributed by atoms with Gasteiger partial charge in [-0.1, -0.05) is 20.8 Å². The Balaban J connectivity index is 4.22. The Bertz CT molecular complexity index is 193. The van der Waals surface area contributed by atoms with Crippen LogP contribution in [0.3, 0.4) is 0 Å². The smallest absolute Gasteiger partial charge is 0.237 e. The molecule has 0 aliphatic carbocycles. The molecule has 0 spiro atoms. The summed E-state index contributed by atoms with van der Waals surface area (Å²) < 4.78 is 0. The molecule has 2 atom stereocenters. The van der Waals surface area contributed by atoms with E-state index in [0.717, 1.165) is 6.29 Å². The van der Waals surface area contributed by atoms with Crippen molar-refractivity contribution in [3.8, 4) is 0 Å². The number of rotatable bonds is 6. The minimum Gasteiger partial charge on any atom is -0.345 e. The standard InChI is InChI=1S/C10H20N2O2/c1-5-8(6-13)12-10(14)9(11-4)7(2)3/h6-9,11H,5H2,1-4H3,(H,12,14)/t8-,9-/m0/s1. The molecule has 4 heteroatoms. The molecule has 82 valence electrons. The van der Waals surface area contributed by atoms with Gasteiger partial charge in [0.05, 0.1) is 12.1 Å². The first-order chi connectivity index (χ1) is 6.56. The van der Waals surface area contributed by atoms with Crippen molar-refractivity contribution in [1.29, 1.82) is 0 Å². The number of aldehydes is 1. The molecule has 0 rings (SSSR count). The molecule has 0 radical (unpaired) electrons. The first-order valence-electron chi connectivity index (χ1n) is 4.99. The molecule has 0 fully saturated rings. The minimum absolute atomic E-state index is 0.110. The van der Waals surface area contributed by atoms with Gasteiger partial charge < -0.3 is 15.4 Å². The van der Waals surface area contributed by atoms with Crippen molar-refractivity contribution < 1.29 is 9.59 Å². The molecule has 0 saturated carbocycles. The second kappa shape index (κ2) is 6.54. The number of nitrogens with one attached hydrogen (secondary N) is 2. The Labute approximate surface area is 85.4 Å². The maximum absolute atomic E-state index is 11.6. The van der Waals surface area contributed by atoms with Gasteiger partial charge >= 0.3 is 0 Å². The van der Waals surface area contributed by atoms with E-state index in [9.17, 15) is 9.59 Å². The molecule has 0 aliphatic heterocycles. The van der Waals surface area contributed by atoms with Crippen LogP contribution >= 0.6 is 0 Å². The first-order valence-corrected chi connectivity index (χ1v) is 4.99. The van der Waals surface area contributed by atoms with Crippen LogP contribution in [0.4, 0.5) is 0 Å². The van der Waals surface area contributed by atoms with Crippen LogP contribution in [0.25, 0.3) is 0 Å². The van der Waals surface area contributed by atoms with Gasteiger partial charge in [0.2, 0.25) is 5.91 Å². The molecular formula is C10H20N2O2. The van der Waals surface area contributed by atoms with Crippen LogP contribution in [-0.4, -0.2) is 31.3 Å². The van der Waals surface area contributed by atoms with Gasteiger partial charge in [0.1, 0.15) is 6.29 Å². The van der Waals surface area contributed by atoms with Gasteiger partial charge in [-0.2, -0.15) is 0 Å². The number of carbonyl (C=O) groups is 2. The Morgan fingerprint density at radius 1 is 1.43 bits per heavy atom. The summed E-state index contributed by atoms with van der Waals surface area (Å²) in [4.78, 5) is 22.1. The summed E-state index contributed by atoms with van der Waals surface area (Å²) in [5.41, 5.74) is 0. The Hall–Kier alpha value is -0.900. The SMILES string of the molecule is CC[C@@H](C=O)NC(=O)[C@@H](NC)C(C)C. The lowest BCUT2D eigenvalue weighted by atomic mass is 10.0. The Morgan fingerprint density at radius 3 is 2.29 bits per heavy atom. The van der Waals surface area contributed by atoms with Gasteiger partial charge in [0.25, 0.3) is 0 Å². The molecule has 0 saturated heterocycles. The second-order valence-corrected chi connectivity index (χ2v) is 3.67. The van der Waals surface area contributed by atoms with Crippen LogP contribution in [0, 0.1) is 5.92 Å². The number of hydrogen-bond acceptors (Lipinski definition) is 3.